The first-order valence-electron chi connectivity index (χ1n) is 13.3. The molecule has 6 atom stereocenters. The summed E-state index contributed by atoms with van der Waals surface area (Å²) in [4.78, 5) is 29.3. The van der Waals surface area contributed by atoms with Crippen molar-refractivity contribution in [2.45, 2.75) is 63.6 Å². The average molecular weight is 606 g/mol. The molecule has 3 aromatic rings. The van der Waals surface area contributed by atoms with E-state index in [0.717, 1.165) is 6.42 Å². The van der Waals surface area contributed by atoms with Gasteiger partial charge in [-0.1, -0.05) is 31.5 Å². The van der Waals surface area contributed by atoms with E-state index in [0.29, 0.717) is 11.9 Å². The number of imidazole rings is 1. The van der Waals surface area contributed by atoms with Crippen LogP contribution in [0.3, 0.4) is 0 Å². The Bertz CT molecular complexity index is 1440. The summed E-state index contributed by atoms with van der Waals surface area (Å²) in [5, 5.41) is 13.9. The molecule has 0 spiro atoms. The predicted molar refractivity (Wildman–Crippen MR) is 153 cm³/mol. The van der Waals surface area contributed by atoms with Crippen LogP contribution in [0.25, 0.3) is 11.2 Å². The van der Waals surface area contributed by atoms with Crippen molar-refractivity contribution >= 4 is 37.5 Å². The first kappa shape index (κ1) is 31.3. The van der Waals surface area contributed by atoms with Crippen molar-refractivity contribution in [3.8, 4) is 11.6 Å². The number of esters is 1. The molecule has 0 bridgehead atoms. The van der Waals surface area contributed by atoms with Gasteiger partial charge in [-0.15, -0.1) is 0 Å². The number of carbonyl (C=O) groups is 1. The van der Waals surface area contributed by atoms with Gasteiger partial charge >= 0.3 is 13.7 Å². The standard InChI is InChI=1S/C26H36N7O8P/c1-6-7-13-38-23(35)16(2)32-42(36,41-17-11-9-8-10-12-17)39-14-18-20(34)26(3,28-4)24(40-18)33-15-29-19-21(33)30-25(27)31-22(19)37-5/h8-12,15-16,18,20,24,34H,4,6-7,13-14H2,1-3,5H3,(H,32,36)(H2,27,30,31)/t16-,18+,20+,24+,26+,42?/m0/s1. The van der Waals surface area contributed by atoms with Crippen LogP contribution in [0.15, 0.2) is 41.7 Å². The highest BCUT2D eigenvalue weighted by Crippen LogP contribution is 2.48. The highest BCUT2D eigenvalue weighted by molar-refractivity contribution is 7.52. The Hall–Kier alpha value is -3.62. The van der Waals surface area contributed by atoms with Gasteiger partial charge in [-0.25, -0.2) is 9.55 Å². The summed E-state index contributed by atoms with van der Waals surface area (Å²) in [6.45, 7) is 8.56. The Kier molecular flexibility index (Phi) is 9.79. The maximum atomic E-state index is 13.9. The molecule has 1 unspecified atom stereocenters. The fraction of sp³-hybridized carbons (Fsp3) is 0.500. The number of nitrogens with two attached hydrogens (primary N) is 1. The highest BCUT2D eigenvalue weighted by Gasteiger charge is 2.55. The molecule has 42 heavy (non-hydrogen) atoms. The van der Waals surface area contributed by atoms with Gasteiger partial charge in [-0.3, -0.25) is 18.9 Å². The van der Waals surface area contributed by atoms with Crippen LogP contribution in [-0.2, 0) is 23.4 Å². The molecule has 0 saturated carbocycles. The number of fused-ring (bicyclic) bond motifs is 1. The number of aromatic nitrogens is 4. The smallest absolute Gasteiger partial charge is 0.459 e. The Morgan fingerprint density at radius 3 is 2.76 bits per heavy atom. The molecule has 2 aromatic heterocycles. The number of hydrogen-bond acceptors (Lipinski definition) is 13. The first-order valence-corrected chi connectivity index (χ1v) is 14.9. The maximum Gasteiger partial charge on any atom is 0.459 e. The number of unbranched alkanes of at least 4 members (excludes halogenated alkanes) is 1. The van der Waals surface area contributed by atoms with Gasteiger partial charge in [0.25, 0.3) is 0 Å². The molecule has 4 N–H and O–H groups in total. The summed E-state index contributed by atoms with van der Waals surface area (Å²) in [6.07, 6.45) is -0.344. The van der Waals surface area contributed by atoms with Crippen molar-refractivity contribution in [1.82, 2.24) is 24.6 Å². The van der Waals surface area contributed by atoms with Crippen molar-refractivity contribution in [2.24, 2.45) is 4.99 Å². The number of aliphatic hydroxyl groups is 1. The third kappa shape index (κ3) is 6.55. The van der Waals surface area contributed by atoms with Gasteiger partial charge in [0.15, 0.2) is 17.4 Å². The summed E-state index contributed by atoms with van der Waals surface area (Å²) in [6, 6.07) is 7.29. The topological polar surface area (TPSA) is 195 Å². The molecule has 0 aliphatic carbocycles. The molecule has 0 radical (unpaired) electrons. The minimum absolute atomic E-state index is 0.0554. The summed E-state index contributed by atoms with van der Waals surface area (Å²) < 4.78 is 43.6. The fourth-order valence-electron chi connectivity index (χ4n) is 4.38. The van der Waals surface area contributed by atoms with Crippen LogP contribution in [-0.4, -0.2) is 81.4 Å². The number of para-hydroxylation sites is 1. The molecule has 16 heteroatoms. The SMILES string of the molecule is C=N[C@]1(C)[C@H](O)[C@@H](COP(=O)(N[C@@H](C)C(=O)OCCCC)Oc2ccccc2)O[C@H]1n1cnc2c(OC)nc(N)nc21. The number of benzene rings is 1. The van der Waals surface area contributed by atoms with Crippen LogP contribution in [0.5, 0.6) is 11.6 Å². The lowest BCUT2D eigenvalue weighted by atomic mass is 9.93. The normalized spacial score (nSPS) is 24.2. The van der Waals surface area contributed by atoms with E-state index in [9.17, 15) is 14.5 Å². The number of nitrogen functional groups attached to an aromatic ring is 1. The summed E-state index contributed by atoms with van der Waals surface area (Å²) in [5.74, 6) is -0.275. The Labute approximate surface area is 243 Å². The van der Waals surface area contributed by atoms with Gasteiger partial charge < -0.3 is 29.6 Å². The van der Waals surface area contributed by atoms with Crippen LogP contribution in [0.1, 0.15) is 39.8 Å². The third-order valence-electron chi connectivity index (χ3n) is 6.77. The number of ether oxygens (including phenoxy) is 3. The van der Waals surface area contributed by atoms with Crippen LogP contribution < -0.4 is 20.1 Å². The number of aliphatic hydroxyl groups excluding tert-OH is 1. The second-order valence-electron chi connectivity index (χ2n) is 9.84. The molecule has 15 nitrogen and oxygen atoms in total. The van der Waals surface area contributed by atoms with E-state index in [1.165, 1.54) is 24.9 Å². The second kappa shape index (κ2) is 13.1. The van der Waals surface area contributed by atoms with E-state index in [4.69, 9.17) is 29.0 Å². The predicted octanol–water partition coefficient (Wildman–Crippen LogP) is 2.66. The number of anilines is 1. The number of carbonyl (C=O) groups excluding carboxylic acids is 1. The third-order valence-corrected chi connectivity index (χ3v) is 8.42. The molecule has 1 fully saturated rings. The van der Waals surface area contributed by atoms with Crippen LogP contribution in [0, 0.1) is 0 Å². The zero-order chi connectivity index (χ0) is 30.5. The molecule has 0 amide bonds. The van der Waals surface area contributed by atoms with Crippen molar-refractivity contribution in [1.29, 1.82) is 0 Å². The van der Waals surface area contributed by atoms with E-state index in [2.05, 4.69) is 31.7 Å². The van der Waals surface area contributed by atoms with Gasteiger partial charge in [-0.05, 0) is 39.1 Å². The lowest BCUT2D eigenvalue weighted by Gasteiger charge is -2.28. The van der Waals surface area contributed by atoms with Crippen LogP contribution in [0.2, 0.25) is 0 Å². The quantitative estimate of drug-likeness (QED) is 0.105. The first-order chi connectivity index (χ1) is 20.0. The lowest BCUT2D eigenvalue weighted by molar-refractivity contribution is -0.145. The summed E-state index contributed by atoms with van der Waals surface area (Å²) >= 11 is 0. The lowest BCUT2D eigenvalue weighted by Crippen LogP contribution is -2.43. The molecule has 1 aromatic carbocycles. The van der Waals surface area contributed by atoms with Crippen molar-refractivity contribution in [3.63, 3.8) is 0 Å². The minimum atomic E-state index is -4.22. The number of nitrogens with zero attached hydrogens (tertiary/aromatic N) is 5. The number of aliphatic imine (C=N–C) groups is 1. The molecule has 3 heterocycles. The average Bonchev–Trinajstić information content (AvgIpc) is 3.50. The molecule has 1 aliphatic rings. The molecule has 1 saturated heterocycles. The van der Waals surface area contributed by atoms with Crippen LogP contribution >= 0.6 is 7.75 Å². The molecule has 228 valence electrons. The van der Waals surface area contributed by atoms with Gasteiger partial charge in [-0.2, -0.15) is 15.1 Å². The van der Waals surface area contributed by atoms with Crippen molar-refractivity contribution < 1.29 is 37.7 Å². The largest absolute Gasteiger partial charge is 0.479 e. The van der Waals surface area contributed by atoms with E-state index in [-0.39, 0.29) is 29.8 Å². The summed E-state index contributed by atoms with van der Waals surface area (Å²) in [5.41, 5.74) is 5.15. The molecule has 4 rings (SSSR count). The molecular formula is C26H36N7O8P. The monoisotopic (exact) mass is 605 g/mol. The Morgan fingerprint density at radius 2 is 2.10 bits per heavy atom. The minimum Gasteiger partial charge on any atom is -0.479 e. The van der Waals surface area contributed by atoms with E-state index in [1.54, 1.807) is 37.3 Å². The number of rotatable bonds is 14. The van der Waals surface area contributed by atoms with Crippen molar-refractivity contribution in [3.05, 3.63) is 36.7 Å². The maximum absolute atomic E-state index is 13.9. The van der Waals surface area contributed by atoms with Crippen molar-refractivity contribution in [2.75, 3.05) is 26.1 Å². The number of nitrogens with one attached hydrogen (secondary N) is 1. The van der Waals surface area contributed by atoms with Gasteiger partial charge in [0.2, 0.25) is 11.8 Å². The number of hydrogen-bond donors (Lipinski definition) is 3. The second-order valence-corrected chi connectivity index (χ2v) is 11.5. The zero-order valence-corrected chi connectivity index (χ0v) is 24.8. The van der Waals surface area contributed by atoms with Gasteiger partial charge in [0.05, 0.1) is 26.7 Å². The number of methoxy groups -OCH3 is 1. The molecule has 1 aliphatic heterocycles. The Balaban J connectivity index is 1.57. The van der Waals surface area contributed by atoms with E-state index < -0.39 is 50.3 Å². The van der Waals surface area contributed by atoms with E-state index in [1.807, 2.05) is 6.92 Å². The zero-order valence-electron chi connectivity index (χ0n) is 23.9. The van der Waals surface area contributed by atoms with Gasteiger partial charge in [0.1, 0.15) is 29.5 Å². The summed E-state index contributed by atoms with van der Waals surface area (Å²) in [7, 11) is -2.79. The highest BCUT2D eigenvalue weighted by atomic mass is 31.2. The van der Waals surface area contributed by atoms with Crippen LogP contribution in [0.4, 0.5) is 5.95 Å². The van der Waals surface area contributed by atoms with E-state index >= 15 is 0 Å². The molecular weight excluding hydrogens is 569 g/mol. The fourth-order valence-corrected chi connectivity index (χ4v) is 5.89. The Morgan fingerprint density at radius 1 is 1.36 bits per heavy atom. The van der Waals surface area contributed by atoms with Gasteiger partial charge in [0, 0.05) is 0 Å².